The van der Waals surface area contributed by atoms with Gasteiger partial charge >= 0.3 is 5.97 Å². The number of hydrogen-bond acceptors (Lipinski definition) is 3. The van der Waals surface area contributed by atoms with Gasteiger partial charge in [-0.2, -0.15) is 0 Å². The van der Waals surface area contributed by atoms with E-state index in [0.717, 1.165) is 12.8 Å². The number of ketones is 1. The van der Waals surface area contributed by atoms with E-state index < -0.39 is 12.0 Å². The Hall–Kier alpha value is -0.900. The summed E-state index contributed by atoms with van der Waals surface area (Å²) in [7, 11) is 0. The van der Waals surface area contributed by atoms with Crippen LogP contribution in [0.2, 0.25) is 0 Å². The number of rotatable bonds is 6. The topological polar surface area (TPSA) is 80.4 Å². The molecule has 0 rings (SSSR count). The van der Waals surface area contributed by atoms with Gasteiger partial charge in [0.2, 0.25) is 0 Å². The summed E-state index contributed by atoms with van der Waals surface area (Å²) in [5, 5.41) is 8.47. The summed E-state index contributed by atoms with van der Waals surface area (Å²) in [5.41, 5.74) is 5.23. The number of carboxylic acid groups (broad SMARTS) is 1. The van der Waals surface area contributed by atoms with Gasteiger partial charge in [0.15, 0.2) is 0 Å². The highest BCUT2D eigenvalue weighted by molar-refractivity contribution is 5.86. The van der Waals surface area contributed by atoms with Gasteiger partial charge in [-0.1, -0.05) is 20.3 Å². The molecule has 0 aliphatic heterocycles. The molecule has 76 valence electrons. The zero-order valence-corrected chi connectivity index (χ0v) is 8.12. The molecule has 4 heteroatoms. The van der Waals surface area contributed by atoms with E-state index in [1.54, 1.807) is 6.92 Å². The van der Waals surface area contributed by atoms with Crippen molar-refractivity contribution >= 4 is 11.8 Å². The van der Waals surface area contributed by atoms with Crippen LogP contribution in [0.25, 0.3) is 0 Å². The molecule has 2 atom stereocenters. The maximum atomic E-state index is 11.3. The fourth-order valence-corrected chi connectivity index (χ4v) is 1.10. The van der Waals surface area contributed by atoms with Crippen LogP contribution in [0, 0.1) is 5.92 Å². The Kier molecular flexibility index (Phi) is 5.30. The summed E-state index contributed by atoms with van der Waals surface area (Å²) >= 11 is 0. The van der Waals surface area contributed by atoms with Crippen molar-refractivity contribution in [1.29, 1.82) is 0 Å². The molecule has 0 aromatic rings. The molecule has 0 amide bonds. The molecular weight excluding hydrogens is 170 g/mol. The van der Waals surface area contributed by atoms with Crippen LogP contribution >= 0.6 is 0 Å². The second kappa shape index (κ2) is 5.70. The lowest BCUT2D eigenvalue weighted by molar-refractivity contribution is -0.140. The van der Waals surface area contributed by atoms with Crippen LogP contribution < -0.4 is 5.73 Å². The highest BCUT2D eigenvalue weighted by Crippen LogP contribution is 2.09. The molecule has 13 heavy (non-hydrogen) atoms. The highest BCUT2D eigenvalue weighted by Gasteiger charge is 2.19. The van der Waals surface area contributed by atoms with Crippen LogP contribution in [0.1, 0.15) is 33.1 Å². The van der Waals surface area contributed by atoms with Gasteiger partial charge < -0.3 is 10.8 Å². The van der Waals surface area contributed by atoms with Crippen LogP contribution in [-0.2, 0) is 9.59 Å². The molecule has 0 saturated heterocycles. The van der Waals surface area contributed by atoms with E-state index in [-0.39, 0.29) is 18.1 Å². The quantitative estimate of drug-likeness (QED) is 0.644. The fraction of sp³-hybridized carbons (Fsp3) is 0.778. The zero-order valence-electron chi connectivity index (χ0n) is 8.12. The van der Waals surface area contributed by atoms with E-state index in [1.807, 2.05) is 6.92 Å². The molecule has 0 saturated carbocycles. The number of carbonyl (C=O) groups is 2. The Bertz CT molecular complexity index is 191. The number of aliphatic carboxylic acids is 1. The van der Waals surface area contributed by atoms with Crippen molar-refractivity contribution in [2.75, 3.05) is 0 Å². The summed E-state index contributed by atoms with van der Waals surface area (Å²) in [6.45, 7) is 3.79. The van der Waals surface area contributed by atoms with Gasteiger partial charge in [-0.05, 0) is 6.42 Å². The standard InChI is InChI=1S/C9H17NO3/c1-3-4-6(2)8(11)5-7(10)9(12)13/h6-7H,3-5,10H2,1-2H3,(H,12,13)/t6?,7-/m0/s1. The van der Waals surface area contributed by atoms with Crippen molar-refractivity contribution in [1.82, 2.24) is 0 Å². The molecule has 0 heterocycles. The van der Waals surface area contributed by atoms with Gasteiger partial charge in [-0.25, -0.2) is 0 Å². The first kappa shape index (κ1) is 12.1. The van der Waals surface area contributed by atoms with Gasteiger partial charge in [0.05, 0.1) is 0 Å². The maximum absolute atomic E-state index is 11.3. The van der Waals surface area contributed by atoms with Crippen LogP contribution in [0.3, 0.4) is 0 Å². The third-order valence-electron chi connectivity index (χ3n) is 2.01. The minimum Gasteiger partial charge on any atom is -0.480 e. The summed E-state index contributed by atoms with van der Waals surface area (Å²) in [6.07, 6.45) is 1.66. The van der Waals surface area contributed by atoms with Crippen LogP contribution in [-0.4, -0.2) is 22.9 Å². The van der Waals surface area contributed by atoms with Gasteiger partial charge in [-0.3, -0.25) is 9.59 Å². The highest BCUT2D eigenvalue weighted by atomic mass is 16.4. The van der Waals surface area contributed by atoms with Crippen molar-refractivity contribution in [3.05, 3.63) is 0 Å². The number of hydrogen-bond donors (Lipinski definition) is 2. The van der Waals surface area contributed by atoms with Gasteiger partial charge in [0.25, 0.3) is 0 Å². The Morgan fingerprint density at radius 3 is 2.38 bits per heavy atom. The summed E-state index contributed by atoms with van der Waals surface area (Å²) in [4.78, 5) is 21.6. The maximum Gasteiger partial charge on any atom is 0.320 e. The van der Waals surface area contributed by atoms with E-state index in [1.165, 1.54) is 0 Å². The van der Waals surface area contributed by atoms with Crippen molar-refractivity contribution < 1.29 is 14.7 Å². The average molecular weight is 187 g/mol. The number of carbonyl (C=O) groups excluding carboxylic acids is 1. The summed E-state index contributed by atoms with van der Waals surface area (Å²) < 4.78 is 0. The first-order valence-electron chi connectivity index (χ1n) is 4.50. The minimum atomic E-state index is -1.11. The minimum absolute atomic E-state index is 0.0586. The SMILES string of the molecule is CCCC(C)C(=O)C[C@H](N)C(=O)O. The third-order valence-corrected chi connectivity index (χ3v) is 2.01. The fourth-order valence-electron chi connectivity index (χ4n) is 1.10. The second-order valence-corrected chi connectivity index (χ2v) is 3.30. The monoisotopic (exact) mass is 187 g/mol. The first-order chi connectivity index (χ1) is 5.99. The first-order valence-corrected chi connectivity index (χ1v) is 4.50. The molecule has 0 fully saturated rings. The molecule has 1 unspecified atom stereocenters. The lowest BCUT2D eigenvalue weighted by Crippen LogP contribution is -2.34. The van der Waals surface area contributed by atoms with E-state index in [0.29, 0.717) is 0 Å². The van der Waals surface area contributed by atoms with Crippen molar-refractivity contribution in [2.45, 2.75) is 39.2 Å². The normalized spacial score (nSPS) is 15.0. The van der Waals surface area contributed by atoms with Gasteiger partial charge in [0.1, 0.15) is 11.8 Å². The molecule has 0 radical (unpaired) electrons. The lowest BCUT2D eigenvalue weighted by Gasteiger charge is -2.10. The molecule has 0 aromatic carbocycles. The van der Waals surface area contributed by atoms with Crippen molar-refractivity contribution in [3.63, 3.8) is 0 Å². The van der Waals surface area contributed by atoms with E-state index >= 15 is 0 Å². The molecule has 0 spiro atoms. The molecule has 4 nitrogen and oxygen atoms in total. The Labute approximate surface area is 78.1 Å². The van der Waals surface area contributed by atoms with Crippen molar-refractivity contribution in [3.8, 4) is 0 Å². The Balaban J connectivity index is 3.92. The number of Topliss-reactive ketones (excluding diaryl/α,β-unsaturated/α-hetero) is 1. The molecule has 0 bridgehead atoms. The smallest absolute Gasteiger partial charge is 0.320 e. The lowest BCUT2D eigenvalue weighted by atomic mass is 9.96. The van der Waals surface area contributed by atoms with Crippen LogP contribution in [0.4, 0.5) is 0 Å². The largest absolute Gasteiger partial charge is 0.480 e. The summed E-state index contributed by atoms with van der Waals surface area (Å²) in [5.74, 6) is -1.25. The predicted octanol–water partition coefficient (Wildman–Crippen LogP) is 0.794. The zero-order chi connectivity index (χ0) is 10.4. The molecular formula is C9H17NO3. The summed E-state index contributed by atoms with van der Waals surface area (Å²) in [6, 6.07) is -1.05. The Morgan fingerprint density at radius 1 is 1.46 bits per heavy atom. The van der Waals surface area contributed by atoms with Gasteiger partial charge in [0, 0.05) is 12.3 Å². The Morgan fingerprint density at radius 2 is 2.00 bits per heavy atom. The average Bonchev–Trinajstić information content (AvgIpc) is 2.04. The van der Waals surface area contributed by atoms with Gasteiger partial charge in [-0.15, -0.1) is 0 Å². The van der Waals surface area contributed by atoms with Crippen LogP contribution in [0.5, 0.6) is 0 Å². The second-order valence-electron chi connectivity index (χ2n) is 3.30. The van der Waals surface area contributed by atoms with E-state index in [4.69, 9.17) is 10.8 Å². The number of carboxylic acids is 1. The molecule has 0 aliphatic carbocycles. The van der Waals surface area contributed by atoms with E-state index in [2.05, 4.69) is 0 Å². The van der Waals surface area contributed by atoms with Crippen LogP contribution in [0.15, 0.2) is 0 Å². The number of nitrogens with two attached hydrogens (primary N) is 1. The van der Waals surface area contributed by atoms with Crippen molar-refractivity contribution in [2.24, 2.45) is 11.7 Å². The van der Waals surface area contributed by atoms with E-state index in [9.17, 15) is 9.59 Å². The molecule has 3 N–H and O–H groups in total. The molecule has 0 aliphatic rings. The predicted molar refractivity (Wildman–Crippen MR) is 49.3 cm³/mol. The molecule has 0 aromatic heterocycles. The third kappa shape index (κ3) is 4.62.